The maximum atomic E-state index is 5.29. The zero-order chi connectivity index (χ0) is 12.1. The van der Waals surface area contributed by atoms with Crippen molar-refractivity contribution in [1.82, 2.24) is 5.43 Å². The predicted molar refractivity (Wildman–Crippen MR) is 72.3 cm³/mol. The normalized spacial score (nSPS) is 10.5. The monoisotopic (exact) mass is 226 g/mol. The van der Waals surface area contributed by atoms with Gasteiger partial charge in [0.1, 0.15) is 0 Å². The second-order valence-electron chi connectivity index (χ2n) is 4.13. The molecule has 0 unspecified atom stereocenters. The van der Waals surface area contributed by atoms with Crippen molar-refractivity contribution in [3.63, 3.8) is 0 Å². The molecule has 0 bridgehead atoms. The highest BCUT2D eigenvalue weighted by molar-refractivity contribution is 5.63. The van der Waals surface area contributed by atoms with Gasteiger partial charge in [-0.3, -0.25) is 11.3 Å². The van der Waals surface area contributed by atoms with Gasteiger partial charge in [-0.15, -0.1) is 0 Å². The summed E-state index contributed by atoms with van der Waals surface area (Å²) in [5.41, 5.74) is 7.73. The summed E-state index contributed by atoms with van der Waals surface area (Å²) in [6, 6.07) is 17.2. The Morgan fingerprint density at radius 3 is 1.71 bits per heavy atom. The zero-order valence-corrected chi connectivity index (χ0v) is 10.1. The fourth-order valence-electron chi connectivity index (χ4n) is 1.87. The molecule has 0 saturated carbocycles. The lowest BCUT2D eigenvalue weighted by atomic mass is 10.0. The van der Waals surface area contributed by atoms with E-state index in [9.17, 15) is 0 Å². The van der Waals surface area contributed by atoms with Crippen molar-refractivity contribution < 1.29 is 0 Å². The van der Waals surface area contributed by atoms with Crippen molar-refractivity contribution in [2.45, 2.75) is 19.9 Å². The van der Waals surface area contributed by atoms with Crippen molar-refractivity contribution in [3.8, 4) is 11.1 Å². The SMILES string of the molecule is CCc1ccc(-c2ccc(CNN)cc2)cc1. The maximum absolute atomic E-state index is 5.29. The first kappa shape index (κ1) is 11.8. The Kier molecular flexibility index (Phi) is 3.91. The van der Waals surface area contributed by atoms with Gasteiger partial charge in [-0.05, 0) is 28.7 Å². The highest BCUT2D eigenvalue weighted by atomic mass is 15.2. The van der Waals surface area contributed by atoms with Crippen LogP contribution in [0.25, 0.3) is 11.1 Å². The van der Waals surface area contributed by atoms with E-state index in [1.165, 1.54) is 22.3 Å². The fraction of sp³-hybridized carbons (Fsp3) is 0.200. The van der Waals surface area contributed by atoms with E-state index in [1.807, 2.05) is 0 Å². The molecule has 0 atom stereocenters. The Balaban J connectivity index is 2.20. The van der Waals surface area contributed by atoms with E-state index in [1.54, 1.807) is 0 Å². The number of benzene rings is 2. The summed E-state index contributed by atoms with van der Waals surface area (Å²) >= 11 is 0. The molecule has 0 fully saturated rings. The first-order valence-corrected chi connectivity index (χ1v) is 5.95. The summed E-state index contributed by atoms with van der Waals surface area (Å²) < 4.78 is 0. The number of hydrazine groups is 1. The Labute approximate surface area is 102 Å². The number of hydrogen-bond acceptors (Lipinski definition) is 2. The van der Waals surface area contributed by atoms with Crippen molar-refractivity contribution in [1.29, 1.82) is 0 Å². The van der Waals surface area contributed by atoms with Crippen LogP contribution < -0.4 is 11.3 Å². The van der Waals surface area contributed by atoms with Gasteiger partial charge < -0.3 is 0 Å². The number of nitrogens with one attached hydrogen (secondary N) is 1. The van der Waals surface area contributed by atoms with Crippen molar-refractivity contribution in [2.75, 3.05) is 0 Å². The van der Waals surface area contributed by atoms with Crippen LogP contribution in [0.4, 0.5) is 0 Å². The third-order valence-electron chi connectivity index (χ3n) is 2.96. The molecule has 17 heavy (non-hydrogen) atoms. The summed E-state index contributed by atoms with van der Waals surface area (Å²) in [4.78, 5) is 0. The molecule has 0 radical (unpaired) electrons. The van der Waals surface area contributed by atoms with E-state index in [2.05, 4.69) is 60.9 Å². The molecule has 0 aliphatic rings. The summed E-state index contributed by atoms with van der Waals surface area (Å²) in [6.07, 6.45) is 1.08. The molecule has 2 nitrogen and oxygen atoms in total. The zero-order valence-electron chi connectivity index (χ0n) is 10.1. The van der Waals surface area contributed by atoms with Gasteiger partial charge in [0.05, 0.1) is 0 Å². The Morgan fingerprint density at radius 2 is 1.29 bits per heavy atom. The van der Waals surface area contributed by atoms with Crippen LogP contribution in [0.5, 0.6) is 0 Å². The first-order valence-electron chi connectivity index (χ1n) is 5.95. The predicted octanol–water partition coefficient (Wildman–Crippen LogP) is 2.88. The third-order valence-corrected chi connectivity index (χ3v) is 2.96. The molecule has 2 aromatic carbocycles. The van der Waals surface area contributed by atoms with E-state index in [-0.39, 0.29) is 0 Å². The summed E-state index contributed by atoms with van der Waals surface area (Å²) in [5, 5.41) is 0. The van der Waals surface area contributed by atoms with Gasteiger partial charge in [-0.2, -0.15) is 0 Å². The van der Waals surface area contributed by atoms with Gasteiger partial charge in [0.2, 0.25) is 0 Å². The number of hydrogen-bond donors (Lipinski definition) is 2. The van der Waals surface area contributed by atoms with Gasteiger partial charge in [-0.25, -0.2) is 0 Å². The van der Waals surface area contributed by atoms with Crippen LogP contribution in [-0.4, -0.2) is 0 Å². The second-order valence-corrected chi connectivity index (χ2v) is 4.13. The van der Waals surface area contributed by atoms with Crippen LogP contribution in [0.15, 0.2) is 48.5 Å². The molecule has 2 rings (SSSR count). The van der Waals surface area contributed by atoms with Gasteiger partial charge in [0, 0.05) is 6.54 Å². The van der Waals surface area contributed by atoms with E-state index < -0.39 is 0 Å². The van der Waals surface area contributed by atoms with Crippen molar-refractivity contribution >= 4 is 0 Å². The third kappa shape index (κ3) is 2.93. The molecule has 0 heterocycles. The first-order chi connectivity index (χ1) is 8.33. The van der Waals surface area contributed by atoms with E-state index >= 15 is 0 Å². The van der Waals surface area contributed by atoms with Crippen molar-refractivity contribution in [3.05, 3.63) is 59.7 Å². The van der Waals surface area contributed by atoms with Crippen LogP contribution in [0.3, 0.4) is 0 Å². The number of aryl methyl sites for hydroxylation is 1. The maximum Gasteiger partial charge on any atom is 0.0348 e. The Morgan fingerprint density at radius 1 is 0.824 bits per heavy atom. The minimum atomic E-state index is 0.703. The van der Waals surface area contributed by atoms with E-state index in [0.717, 1.165) is 6.42 Å². The molecular formula is C15H18N2. The van der Waals surface area contributed by atoms with Gasteiger partial charge in [-0.1, -0.05) is 55.5 Å². The average molecular weight is 226 g/mol. The lowest BCUT2D eigenvalue weighted by Crippen LogP contribution is -2.20. The molecular weight excluding hydrogens is 208 g/mol. The molecule has 0 saturated heterocycles. The largest absolute Gasteiger partial charge is 0.271 e. The summed E-state index contributed by atoms with van der Waals surface area (Å²) in [6.45, 7) is 2.87. The Bertz CT molecular complexity index is 457. The molecule has 3 N–H and O–H groups in total. The van der Waals surface area contributed by atoms with Crippen LogP contribution in [-0.2, 0) is 13.0 Å². The summed E-state index contributed by atoms with van der Waals surface area (Å²) in [5.74, 6) is 5.29. The van der Waals surface area contributed by atoms with Crippen LogP contribution in [0.2, 0.25) is 0 Å². The molecule has 88 valence electrons. The highest BCUT2D eigenvalue weighted by Gasteiger charge is 1.98. The Hall–Kier alpha value is -1.64. The van der Waals surface area contributed by atoms with Gasteiger partial charge >= 0.3 is 0 Å². The summed E-state index contributed by atoms with van der Waals surface area (Å²) in [7, 11) is 0. The van der Waals surface area contributed by atoms with E-state index in [4.69, 9.17) is 5.84 Å². The quantitative estimate of drug-likeness (QED) is 0.621. The van der Waals surface area contributed by atoms with Crippen LogP contribution in [0.1, 0.15) is 18.1 Å². The topological polar surface area (TPSA) is 38.0 Å². The molecule has 2 heteroatoms. The standard InChI is InChI=1S/C15H18N2/c1-2-12-3-7-14(8-4-12)15-9-5-13(6-10-15)11-17-16/h3-10,17H,2,11,16H2,1H3. The molecule has 2 aromatic rings. The molecule has 0 amide bonds. The smallest absolute Gasteiger partial charge is 0.0348 e. The molecule has 0 spiro atoms. The highest BCUT2D eigenvalue weighted by Crippen LogP contribution is 2.20. The number of rotatable bonds is 4. The lowest BCUT2D eigenvalue weighted by Gasteiger charge is -2.05. The van der Waals surface area contributed by atoms with Crippen LogP contribution >= 0.6 is 0 Å². The molecule has 0 aliphatic heterocycles. The second kappa shape index (κ2) is 5.62. The molecule has 0 aromatic heterocycles. The minimum Gasteiger partial charge on any atom is -0.271 e. The van der Waals surface area contributed by atoms with E-state index in [0.29, 0.717) is 6.54 Å². The molecule has 0 aliphatic carbocycles. The van der Waals surface area contributed by atoms with Crippen LogP contribution in [0, 0.1) is 0 Å². The van der Waals surface area contributed by atoms with Gasteiger partial charge in [0.25, 0.3) is 0 Å². The van der Waals surface area contributed by atoms with Gasteiger partial charge in [0.15, 0.2) is 0 Å². The van der Waals surface area contributed by atoms with Crippen molar-refractivity contribution in [2.24, 2.45) is 5.84 Å². The number of nitrogens with two attached hydrogens (primary N) is 1. The minimum absolute atomic E-state index is 0.703. The average Bonchev–Trinajstić information content (AvgIpc) is 2.40. The fourth-order valence-corrected chi connectivity index (χ4v) is 1.87. The lowest BCUT2D eigenvalue weighted by molar-refractivity contribution is 0.741.